The number of alkyl halides is 6. The highest BCUT2D eigenvalue weighted by atomic mass is 19.4. The number of hydrogen-bond acceptors (Lipinski definition) is 1. The molecule has 1 N–H and O–H groups in total. The van der Waals surface area contributed by atoms with Crippen molar-refractivity contribution in [2.24, 2.45) is 0 Å². The number of carbonyl (C=O) groups excluding carboxylic acids is 1. The third-order valence-corrected chi connectivity index (χ3v) is 3.17. The highest BCUT2D eigenvalue weighted by Gasteiger charge is 2.37. The molecule has 0 radical (unpaired) electrons. The quantitative estimate of drug-likeness (QED) is 0.802. The molecule has 8 heteroatoms. The Morgan fingerprint density at radius 3 is 1.68 bits per heavy atom. The lowest BCUT2D eigenvalue weighted by molar-refractivity contribution is -0.143. The number of carbonyl (C=O) groups is 1. The second-order valence-electron chi connectivity index (χ2n) is 4.78. The summed E-state index contributed by atoms with van der Waals surface area (Å²) >= 11 is 0. The van der Waals surface area contributed by atoms with Crippen LogP contribution in [0.5, 0.6) is 0 Å². The van der Waals surface area contributed by atoms with Crippen LogP contribution in [0.25, 0.3) is 0 Å². The predicted molar refractivity (Wildman–Crippen MR) is 68.3 cm³/mol. The minimum Gasteiger partial charge on any atom is -0.349 e. The molecule has 0 heterocycles. The maximum atomic E-state index is 12.7. The van der Waals surface area contributed by atoms with Crippen molar-refractivity contribution in [3.63, 3.8) is 0 Å². The van der Waals surface area contributed by atoms with Crippen LogP contribution >= 0.6 is 0 Å². The normalized spacial score (nSPS) is 12.6. The van der Waals surface area contributed by atoms with Crippen LogP contribution in [-0.4, -0.2) is 11.9 Å². The lowest BCUT2D eigenvalue weighted by atomic mass is 10.0. The molecule has 1 amide bonds. The molecule has 1 rings (SSSR count). The smallest absolute Gasteiger partial charge is 0.349 e. The van der Waals surface area contributed by atoms with Crippen molar-refractivity contribution < 1.29 is 31.1 Å². The molecule has 1 aromatic carbocycles. The van der Waals surface area contributed by atoms with Gasteiger partial charge in [0.1, 0.15) is 0 Å². The molecule has 0 spiro atoms. The highest BCUT2D eigenvalue weighted by molar-refractivity contribution is 5.94. The van der Waals surface area contributed by atoms with Crippen LogP contribution in [0.2, 0.25) is 0 Å². The minimum absolute atomic E-state index is 0.00605. The third-order valence-electron chi connectivity index (χ3n) is 3.17. The molecule has 0 fully saturated rings. The molecule has 22 heavy (non-hydrogen) atoms. The second kappa shape index (κ2) is 6.58. The van der Waals surface area contributed by atoms with Gasteiger partial charge in [-0.15, -0.1) is 0 Å². The van der Waals surface area contributed by atoms with E-state index in [1.54, 1.807) is 13.8 Å². The monoisotopic (exact) mass is 327 g/mol. The molecule has 0 saturated carbocycles. The van der Waals surface area contributed by atoms with Gasteiger partial charge in [0.05, 0.1) is 11.1 Å². The largest absolute Gasteiger partial charge is 0.416 e. The molecule has 1 aromatic rings. The molecular formula is C14H15F6NO. The number of amides is 1. The Morgan fingerprint density at radius 1 is 0.955 bits per heavy atom. The molecule has 0 aromatic heterocycles. The number of benzene rings is 1. The van der Waals surface area contributed by atoms with E-state index in [0.29, 0.717) is 25.0 Å². The third kappa shape index (κ3) is 4.64. The Hall–Kier alpha value is -1.73. The standard InChI is InChI=1S/C14H15F6NO/c1-3-11(4-2)21-12(22)8-5-9(13(15,16)17)7-10(6-8)14(18,19)20/h5-7,11H,3-4H2,1-2H3,(H,21,22). The summed E-state index contributed by atoms with van der Waals surface area (Å²) in [6.07, 6.45) is -8.89. The van der Waals surface area contributed by atoms with E-state index < -0.39 is 35.0 Å². The maximum absolute atomic E-state index is 12.7. The van der Waals surface area contributed by atoms with Gasteiger partial charge in [0.2, 0.25) is 0 Å². The summed E-state index contributed by atoms with van der Waals surface area (Å²) in [7, 11) is 0. The Bertz CT molecular complexity index is 499. The number of halogens is 6. The zero-order valence-corrected chi connectivity index (χ0v) is 11.9. The molecule has 0 unspecified atom stereocenters. The van der Waals surface area contributed by atoms with Crippen molar-refractivity contribution >= 4 is 5.91 Å². The fraction of sp³-hybridized carbons (Fsp3) is 0.500. The van der Waals surface area contributed by atoms with Gasteiger partial charge in [-0.25, -0.2) is 0 Å². The van der Waals surface area contributed by atoms with Crippen molar-refractivity contribution in [3.05, 3.63) is 34.9 Å². The van der Waals surface area contributed by atoms with Gasteiger partial charge in [-0.2, -0.15) is 26.3 Å². The summed E-state index contributed by atoms with van der Waals surface area (Å²) in [6.45, 7) is 3.50. The van der Waals surface area contributed by atoms with Gasteiger partial charge in [-0.05, 0) is 31.0 Å². The van der Waals surface area contributed by atoms with E-state index >= 15 is 0 Å². The van der Waals surface area contributed by atoms with Crippen LogP contribution in [0.1, 0.15) is 48.2 Å². The van der Waals surface area contributed by atoms with Gasteiger partial charge < -0.3 is 5.32 Å². The van der Waals surface area contributed by atoms with E-state index in [9.17, 15) is 31.1 Å². The van der Waals surface area contributed by atoms with Crippen molar-refractivity contribution in [2.45, 2.75) is 45.1 Å². The SMILES string of the molecule is CCC(CC)NC(=O)c1cc(C(F)(F)F)cc(C(F)(F)F)c1. The van der Waals surface area contributed by atoms with E-state index in [0.717, 1.165) is 0 Å². The van der Waals surface area contributed by atoms with E-state index in [2.05, 4.69) is 5.32 Å². The zero-order valence-electron chi connectivity index (χ0n) is 11.9. The van der Waals surface area contributed by atoms with E-state index in [4.69, 9.17) is 0 Å². The number of rotatable bonds is 4. The molecule has 2 nitrogen and oxygen atoms in total. The van der Waals surface area contributed by atoms with Crippen LogP contribution in [-0.2, 0) is 12.4 Å². The molecular weight excluding hydrogens is 312 g/mol. The van der Waals surface area contributed by atoms with Crippen LogP contribution in [0, 0.1) is 0 Å². The first-order valence-electron chi connectivity index (χ1n) is 6.59. The molecule has 0 aliphatic carbocycles. The molecule has 124 valence electrons. The predicted octanol–water partition coefficient (Wildman–Crippen LogP) is 4.64. The first kappa shape index (κ1) is 18.3. The average Bonchev–Trinajstić information content (AvgIpc) is 2.42. The van der Waals surface area contributed by atoms with Crippen molar-refractivity contribution in [1.29, 1.82) is 0 Å². The fourth-order valence-corrected chi connectivity index (χ4v) is 1.85. The van der Waals surface area contributed by atoms with Gasteiger partial charge in [0.15, 0.2) is 0 Å². The van der Waals surface area contributed by atoms with E-state index in [-0.39, 0.29) is 12.1 Å². The Morgan fingerprint density at radius 2 is 1.36 bits per heavy atom. The molecule has 0 saturated heterocycles. The number of hydrogen-bond donors (Lipinski definition) is 1. The molecule has 0 aliphatic heterocycles. The van der Waals surface area contributed by atoms with Gasteiger partial charge >= 0.3 is 12.4 Å². The molecule has 0 bridgehead atoms. The van der Waals surface area contributed by atoms with Crippen LogP contribution in [0.15, 0.2) is 18.2 Å². The molecule has 0 atom stereocenters. The topological polar surface area (TPSA) is 29.1 Å². The zero-order chi connectivity index (χ0) is 17.1. The first-order valence-corrected chi connectivity index (χ1v) is 6.59. The van der Waals surface area contributed by atoms with Crippen molar-refractivity contribution in [3.8, 4) is 0 Å². The summed E-state index contributed by atoms with van der Waals surface area (Å²) in [4.78, 5) is 11.9. The van der Waals surface area contributed by atoms with Gasteiger partial charge in [0, 0.05) is 11.6 Å². The van der Waals surface area contributed by atoms with Crippen molar-refractivity contribution in [1.82, 2.24) is 5.32 Å². The van der Waals surface area contributed by atoms with Gasteiger partial charge in [-0.3, -0.25) is 4.79 Å². The average molecular weight is 327 g/mol. The Labute approximate surface area is 123 Å². The van der Waals surface area contributed by atoms with Gasteiger partial charge in [0.25, 0.3) is 5.91 Å². The van der Waals surface area contributed by atoms with Crippen LogP contribution in [0.3, 0.4) is 0 Å². The maximum Gasteiger partial charge on any atom is 0.416 e. The van der Waals surface area contributed by atoms with E-state index in [1.807, 2.05) is 0 Å². The summed E-state index contributed by atoms with van der Waals surface area (Å²) in [6, 6.07) is 0.532. The Kier molecular flexibility index (Phi) is 5.48. The van der Waals surface area contributed by atoms with Crippen LogP contribution in [0.4, 0.5) is 26.3 Å². The van der Waals surface area contributed by atoms with Gasteiger partial charge in [-0.1, -0.05) is 13.8 Å². The summed E-state index contributed by atoms with van der Waals surface area (Å²) < 4.78 is 76.2. The fourth-order valence-electron chi connectivity index (χ4n) is 1.85. The summed E-state index contributed by atoms with van der Waals surface area (Å²) in [5.74, 6) is -0.953. The first-order chi connectivity index (χ1) is 9.98. The highest BCUT2D eigenvalue weighted by Crippen LogP contribution is 2.36. The summed E-state index contributed by atoms with van der Waals surface area (Å²) in [5, 5.41) is 2.42. The van der Waals surface area contributed by atoms with Crippen molar-refractivity contribution in [2.75, 3.05) is 0 Å². The van der Waals surface area contributed by atoms with Crippen LogP contribution < -0.4 is 5.32 Å². The molecule has 0 aliphatic rings. The minimum atomic E-state index is -4.97. The van der Waals surface area contributed by atoms with E-state index in [1.165, 1.54) is 0 Å². The lowest BCUT2D eigenvalue weighted by Gasteiger charge is -2.17. The second-order valence-corrected chi connectivity index (χ2v) is 4.78. The Balaban J connectivity index is 3.27. The number of nitrogens with one attached hydrogen (secondary N) is 1. The summed E-state index contributed by atoms with van der Waals surface area (Å²) in [5.41, 5.74) is -3.66. The lowest BCUT2D eigenvalue weighted by Crippen LogP contribution is -2.34.